The van der Waals surface area contributed by atoms with Gasteiger partial charge in [0, 0.05) is 23.2 Å². The van der Waals surface area contributed by atoms with Crippen molar-refractivity contribution in [2.45, 2.75) is 51.2 Å². The van der Waals surface area contributed by atoms with E-state index in [0.29, 0.717) is 22.6 Å². The predicted octanol–water partition coefficient (Wildman–Crippen LogP) is 4.87. The number of nitrogens with one attached hydrogen (secondary N) is 1. The lowest BCUT2D eigenvalue weighted by Gasteiger charge is -2.30. The highest BCUT2D eigenvalue weighted by Crippen LogP contribution is 2.36. The molecule has 4 nitrogen and oxygen atoms in total. The maximum absolute atomic E-state index is 13.4. The summed E-state index contributed by atoms with van der Waals surface area (Å²) in [5, 5.41) is 3.40. The summed E-state index contributed by atoms with van der Waals surface area (Å²) in [4.78, 5) is 27.8. The van der Waals surface area contributed by atoms with Crippen LogP contribution in [0.4, 0.5) is 4.39 Å². The number of fused-ring (bicyclic) bond motifs is 1. The zero-order chi connectivity index (χ0) is 20.5. The number of hydrogen-bond acceptors (Lipinski definition) is 2. The van der Waals surface area contributed by atoms with E-state index in [4.69, 9.17) is 11.6 Å². The van der Waals surface area contributed by atoms with Crippen molar-refractivity contribution in [3.63, 3.8) is 0 Å². The summed E-state index contributed by atoms with van der Waals surface area (Å²) in [6, 6.07) is 10.7. The Morgan fingerprint density at radius 3 is 2.62 bits per heavy atom. The van der Waals surface area contributed by atoms with Gasteiger partial charge in [-0.3, -0.25) is 9.59 Å². The zero-order valence-corrected chi connectivity index (χ0v) is 17.1. The summed E-state index contributed by atoms with van der Waals surface area (Å²) in [5.41, 5.74) is 1.85. The number of halogens is 2. The van der Waals surface area contributed by atoms with E-state index in [1.54, 1.807) is 18.2 Å². The van der Waals surface area contributed by atoms with E-state index in [1.165, 1.54) is 17.0 Å². The Morgan fingerprint density at radius 1 is 1.17 bits per heavy atom. The molecule has 1 atom stereocenters. The van der Waals surface area contributed by atoms with Crippen molar-refractivity contribution >= 4 is 23.4 Å². The molecule has 1 fully saturated rings. The van der Waals surface area contributed by atoms with E-state index in [1.807, 2.05) is 12.1 Å². The molecule has 2 amide bonds. The first-order valence-electron chi connectivity index (χ1n) is 10.1. The van der Waals surface area contributed by atoms with Crippen molar-refractivity contribution in [1.82, 2.24) is 10.2 Å². The molecule has 0 aromatic heterocycles. The van der Waals surface area contributed by atoms with E-state index in [9.17, 15) is 14.0 Å². The van der Waals surface area contributed by atoms with Crippen LogP contribution in [-0.2, 0) is 11.3 Å². The Hall–Kier alpha value is -2.40. The maximum atomic E-state index is 13.4. The van der Waals surface area contributed by atoms with Gasteiger partial charge >= 0.3 is 0 Å². The highest BCUT2D eigenvalue weighted by Gasteiger charge is 2.41. The number of hydrogen-bond donors (Lipinski definition) is 1. The number of carbonyl (C=O) groups excluding carboxylic acids is 2. The van der Waals surface area contributed by atoms with Crippen molar-refractivity contribution in [2.75, 3.05) is 0 Å². The molecule has 0 saturated heterocycles. The Bertz CT molecular complexity index is 940. The van der Waals surface area contributed by atoms with Crippen LogP contribution in [0.25, 0.3) is 0 Å². The van der Waals surface area contributed by atoms with Crippen LogP contribution in [0.1, 0.15) is 60.1 Å². The molecule has 2 aromatic rings. The van der Waals surface area contributed by atoms with Crippen LogP contribution in [0.3, 0.4) is 0 Å². The van der Waals surface area contributed by atoms with Gasteiger partial charge in [0.25, 0.3) is 5.91 Å². The Morgan fingerprint density at radius 2 is 1.90 bits per heavy atom. The highest BCUT2D eigenvalue weighted by atomic mass is 35.5. The lowest BCUT2D eigenvalue weighted by molar-refractivity contribution is -0.126. The van der Waals surface area contributed by atoms with E-state index >= 15 is 0 Å². The van der Waals surface area contributed by atoms with Crippen molar-refractivity contribution in [3.8, 4) is 0 Å². The Balaban J connectivity index is 1.60. The summed E-state index contributed by atoms with van der Waals surface area (Å²) in [7, 11) is 0. The summed E-state index contributed by atoms with van der Waals surface area (Å²) in [6.45, 7) is 2.38. The topological polar surface area (TPSA) is 49.4 Å². The second kappa shape index (κ2) is 8.15. The fourth-order valence-electron chi connectivity index (χ4n) is 4.33. The minimum Gasteiger partial charge on any atom is -0.351 e. The largest absolute Gasteiger partial charge is 0.351 e. The van der Waals surface area contributed by atoms with Crippen LogP contribution in [-0.4, -0.2) is 22.8 Å². The third-order valence-corrected chi connectivity index (χ3v) is 6.38. The number of nitrogens with zero attached hydrogens (tertiary/aromatic N) is 1. The average molecular weight is 415 g/mol. The van der Waals surface area contributed by atoms with E-state index in [-0.39, 0.29) is 29.4 Å². The molecule has 1 heterocycles. The van der Waals surface area contributed by atoms with E-state index in [2.05, 4.69) is 12.2 Å². The third kappa shape index (κ3) is 4.01. The van der Waals surface area contributed by atoms with Gasteiger partial charge in [-0.2, -0.15) is 0 Å². The Labute approximate surface area is 175 Å². The average Bonchev–Trinajstić information content (AvgIpc) is 2.98. The molecule has 2 aliphatic rings. The summed E-state index contributed by atoms with van der Waals surface area (Å²) in [6.07, 6.45) is 4.11. The van der Waals surface area contributed by atoms with Crippen molar-refractivity contribution < 1.29 is 14.0 Å². The molecular formula is C23H24ClFN2O2. The van der Waals surface area contributed by atoms with E-state index < -0.39 is 11.9 Å². The second-order valence-corrected chi connectivity index (χ2v) is 8.53. The van der Waals surface area contributed by atoms with Gasteiger partial charge in [-0.25, -0.2) is 4.39 Å². The molecule has 0 radical (unpaired) electrons. The smallest absolute Gasteiger partial charge is 0.255 e. The molecule has 0 bridgehead atoms. The lowest BCUT2D eigenvalue weighted by Crippen LogP contribution is -2.44. The molecule has 1 aliphatic heterocycles. The van der Waals surface area contributed by atoms with Crippen LogP contribution in [0.5, 0.6) is 0 Å². The highest BCUT2D eigenvalue weighted by molar-refractivity contribution is 6.31. The van der Waals surface area contributed by atoms with Crippen LogP contribution in [0, 0.1) is 11.7 Å². The monoisotopic (exact) mass is 414 g/mol. The molecule has 6 heteroatoms. The summed E-state index contributed by atoms with van der Waals surface area (Å²) >= 11 is 6.18. The van der Waals surface area contributed by atoms with Crippen LogP contribution >= 0.6 is 11.6 Å². The summed E-state index contributed by atoms with van der Waals surface area (Å²) < 4.78 is 13.4. The molecule has 1 N–H and O–H groups in total. The summed E-state index contributed by atoms with van der Waals surface area (Å²) in [5.74, 6) is -0.121. The molecule has 2 aromatic carbocycles. The third-order valence-electron chi connectivity index (χ3n) is 6.02. The van der Waals surface area contributed by atoms with Gasteiger partial charge in [0.05, 0.1) is 0 Å². The number of amides is 2. The molecule has 29 heavy (non-hydrogen) atoms. The van der Waals surface area contributed by atoms with Gasteiger partial charge in [0.2, 0.25) is 5.91 Å². The van der Waals surface area contributed by atoms with Gasteiger partial charge in [-0.05, 0) is 60.9 Å². The zero-order valence-electron chi connectivity index (χ0n) is 16.3. The van der Waals surface area contributed by atoms with Gasteiger partial charge in [-0.1, -0.05) is 42.8 Å². The molecule has 0 spiro atoms. The number of benzene rings is 2. The van der Waals surface area contributed by atoms with Crippen LogP contribution in [0.15, 0.2) is 42.5 Å². The predicted molar refractivity (Wildman–Crippen MR) is 110 cm³/mol. The minimum atomic E-state index is -0.709. The van der Waals surface area contributed by atoms with Crippen molar-refractivity contribution in [3.05, 3.63) is 70.0 Å². The lowest BCUT2D eigenvalue weighted by atomic mass is 9.87. The van der Waals surface area contributed by atoms with Gasteiger partial charge in [-0.15, -0.1) is 0 Å². The van der Waals surface area contributed by atoms with Gasteiger partial charge in [0.1, 0.15) is 11.9 Å². The molecule has 152 valence electrons. The normalized spacial score (nSPS) is 23.8. The maximum Gasteiger partial charge on any atom is 0.255 e. The van der Waals surface area contributed by atoms with Crippen LogP contribution < -0.4 is 5.32 Å². The first-order chi connectivity index (χ1) is 13.9. The van der Waals surface area contributed by atoms with Crippen molar-refractivity contribution in [2.24, 2.45) is 5.92 Å². The van der Waals surface area contributed by atoms with Crippen LogP contribution in [0.2, 0.25) is 5.02 Å². The molecule has 1 aliphatic carbocycles. The molecule has 1 saturated carbocycles. The number of rotatable bonds is 4. The molecule has 1 unspecified atom stereocenters. The molecular weight excluding hydrogens is 391 g/mol. The van der Waals surface area contributed by atoms with Crippen molar-refractivity contribution in [1.29, 1.82) is 0 Å². The fourth-order valence-corrected chi connectivity index (χ4v) is 4.56. The quantitative estimate of drug-likeness (QED) is 0.775. The first kappa shape index (κ1) is 19.9. The number of carbonyl (C=O) groups is 2. The van der Waals surface area contributed by atoms with E-state index in [0.717, 1.165) is 25.7 Å². The minimum absolute atomic E-state index is 0.137. The standard InChI is InChI=1S/C23H24ClFN2O2/c1-14-6-10-17(11-7-14)26-22(28)21-18-4-2-3-5-19(18)23(29)27(21)13-15-8-9-16(25)12-20(15)24/h2-5,8-9,12,14,17,21H,6-7,10-11,13H2,1H3,(H,26,28). The first-order valence-corrected chi connectivity index (χ1v) is 10.5. The Kier molecular flexibility index (Phi) is 5.59. The molecule has 4 rings (SSSR count). The van der Waals surface area contributed by atoms with Gasteiger partial charge < -0.3 is 10.2 Å². The SMILES string of the molecule is CC1CCC(NC(=O)C2c3ccccc3C(=O)N2Cc2ccc(F)cc2Cl)CC1. The fraction of sp³-hybridized carbons (Fsp3) is 0.391. The second-order valence-electron chi connectivity index (χ2n) is 8.12. The van der Waals surface area contributed by atoms with Gasteiger partial charge in [0.15, 0.2) is 0 Å².